The lowest BCUT2D eigenvalue weighted by atomic mass is 10.0. The quantitative estimate of drug-likeness (QED) is 0.593. The fourth-order valence-corrected chi connectivity index (χ4v) is 4.47. The number of ether oxygens (including phenoxy) is 1. The third kappa shape index (κ3) is 3.95. The number of methoxy groups -OCH3 is 1. The lowest BCUT2D eigenvalue weighted by molar-refractivity contribution is -0.116. The summed E-state index contributed by atoms with van der Waals surface area (Å²) in [5.41, 5.74) is 4.31. The Bertz CT molecular complexity index is 1060. The van der Waals surface area contributed by atoms with E-state index in [0.717, 1.165) is 11.3 Å². The van der Waals surface area contributed by atoms with Crippen LogP contribution >= 0.6 is 27.7 Å². The van der Waals surface area contributed by atoms with Crippen molar-refractivity contribution in [2.45, 2.75) is 23.4 Å². The molecule has 1 amide bonds. The number of carbonyl (C=O) groups excluding carboxylic acids is 1. The highest BCUT2D eigenvalue weighted by molar-refractivity contribution is 9.10. The van der Waals surface area contributed by atoms with Crippen LogP contribution in [-0.2, 0) is 4.79 Å². The Hall–Kier alpha value is -2.59. The summed E-state index contributed by atoms with van der Waals surface area (Å²) < 4.78 is 21.8. The third-order valence-electron chi connectivity index (χ3n) is 4.52. The molecule has 4 rings (SSSR count). The number of halogens is 2. The predicted molar refractivity (Wildman–Crippen MR) is 112 cm³/mol. The number of aromatic nitrogens is 3. The molecule has 1 aliphatic rings. The van der Waals surface area contributed by atoms with Crippen molar-refractivity contribution in [2.75, 3.05) is 17.9 Å². The zero-order valence-electron chi connectivity index (χ0n) is 15.5. The number of nitrogens with zero attached hydrogens (tertiary/aromatic N) is 3. The average molecular weight is 478 g/mol. The van der Waals surface area contributed by atoms with Gasteiger partial charge in [0.05, 0.1) is 18.8 Å². The van der Waals surface area contributed by atoms with E-state index in [2.05, 4.69) is 36.9 Å². The second-order valence-corrected chi connectivity index (χ2v) is 8.42. The first kappa shape index (κ1) is 19.7. The van der Waals surface area contributed by atoms with Gasteiger partial charge in [-0.1, -0.05) is 39.8 Å². The molecule has 3 aromatic rings. The van der Waals surface area contributed by atoms with Gasteiger partial charge in [0.1, 0.15) is 22.6 Å². The molecule has 0 fully saturated rings. The van der Waals surface area contributed by atoms with E-state index in [1.807, 2.05) is 31.2 Å². The monoisotopic (exact) mass is 477 g/mol. The molecular formula is C19H17BrFN5O2S. The van der Waals surface area contributed by atoms with Crippen molar-refractivity contribution in [1.29, 1.82) is 0 Å². The summed E-state index contributed by atoms with van der Waals surface area (Å²) in [5, 5.41) is 10.8. The molecule has 1 aliphatic heterocycles. The van der Waals surface area contributed by atoms with Gasteiger partial charge in [-0.2, -0.15) is 0 Å². The number of hydrogen-bond donors (Lipinski definition) is 2. The van der Waals surface area contributed by atoms with Crippen LogP contribution in [0.25, 0.3) is 0 Å². The molecule has 2 aromatic carbocycles. The number of anilines is 1. The van der Waals surface area contributed by atoms with Crippen LogP contribution in [0.1, 0.15) is 17.4 Å². The molecule has 0 saturated carbocycles. The van der Waals surface area contributed by atoms with E-state index in [9.17, 15) is 9.18 Å². The summed E-state index contributed by atoms with van der Waals surface area (Å²) >= 11 is 4.50. The van der Waals surface area contributed by atoms with Gasteiger partial charge >= 0.3 is 0 Å². The number of benzene rings is 2. The van der Waals surface area contributed by atoms with E-state index in [4.69, 9.17) is 4.74 Å². The molecular weight excluding hydrogens is 461 g/mol. The molecule has 10 heteroatoms. The van der Waals surface area contributed by atoms with Crippen molar-refractivity contribution < 1.29 is 13.9 Å². The maximum Gasteiger partial charge on any atom is 0.240 e. The lowest BCUT2D eigenvalue weighted by Crippen LogP contribution is -2.41. The van der Waals surface area contributed by atoms with E-state index in [1.165, 1.54) is 23.9 Å². The Kier molecular flexibility index (Phi) is 5.46. The van der Waals surface area contributed by atoms with E-state index in [-0.39, 0.29) is 17.6 Å². The van der Waals surface area contributed by atoms with E-state index in [0.29, 0.717) is 15.5 Å². The van der Waals surface area contributed by atoms with Gasteiger partial charge < -0.3 is 15.5 Å². The Morgan fingerprint density at radius 3 is 2.72 bits per heavy atom. The molecule has 0 aliphatic carbocycles. The van der Waals surface area contributed by atoms with Gasteiger partial charge in [0, 0.05) is 4.47 Å². The smallest absolute Gasteiger partial charge is 0.240 e. The van der Waals surface area contributed by atoms with E-state index < -0.39 is 11.1 Å². The summed E-state index contributed by atoms with van der Waals surface area (Å²) in [7, 11) is 1.60. The molecule has 29 heavy (non-hydrogen) atoms. The molecule has 0 radical (unpaired) electrons. The second-order valence-electron chi connectivity index (χ2n) is 6.40. The topological polar surface area (TPSA) is 81.1 Å². The Morgan fingerprint density at radius 1 is 1.28 bits per heavy atom. The van der Waals surface area contributed by atoms with Crippen molar-refractivity contribution in [3.8, 4) is 5.75 Å². The highest BCUT2D eigenvalue weighted by atomic mass is 79.9. The van der Waals surface area contributed by atoms with Gasteiger partial charge in [-0.15, -0.1) is 10.2 Å². The van der Waals surface area contributed by atoms with Crippen LogP contribution in [0.5, 0.6) is 5.75 Å². The number of rotatable bonds is 4. The molecule has 150 valence electrons. The van der Waals surface area contributed by atoms with Gasteiger partial charge in [0.25, 0.3) is 0 Å². The number of aryl methyl sites for hydroxylation is 1. The lowest BCUT2D eigenvalue weighted by Gasteiger charge is -2.32. The first-order valence-electron chi connectivity index (χ1n) is 8.71. The second kappa shape index (κ2) is 8.03. The molecule has 0 bridgehead atoms. The maximum absolute atomic E-state index is 14.2. The van der Waals surface area contributed by atoms with Crippen LogP contribution in [0.3, 0.4) is 0 Å². The summed E-state index contributed by atoms with van der Waals surface area (Å²) in [6.45, 7) is 1.83. The SMILES string of the molecule is COc1ccc(C2Nn3c(C)nnc3SC2C(=O)Nc2ccc(Br)cc2F)cc1. The number of hydrogen-bond acceptors (Lipinski definition) is 6. The summed E-state index contributed by atoms with van der Waals surface area (Å²) in [4.78, 5) is 13.1. The van der Waals surface area contributed by atoms with E-state index >= 15 is 0 Å². The van der Waals surface area contributed by atoms with Crippen molar-refractivity contribution in [3.05, 3.63) is 64.1 Å². The molecule has 7 nitrogen and oxygen atoms in total. The molecule has 0 spiro atoms. The fraction of sp³-hybridized carbons (Fsp3) is 0.211. The summed E-state index contributed by atoms with van der Waals surface area (Å²) in [6, 6.07) is 11.6. The highest BCUT2D eigenvalue weighted by Gasteiger charge is 2.37. The first-order chi connectivity index (χ1) is 14.0. The molecule has 2 N–H and O–H groups in total. The number of amides is 1. The zero-order valence-corrected chi connectivity index (χ0v) is 17.9. The van der Waals surface area contributed by atoms with Crippen molar-refractivity contribution in [2.24, 2.45) is 0 Å². The van der Waals surface area contributed by atoms with E-state index in [1.54, 1.807) is 17.9 Å². The minimum absolute atomic E-state index is 0.121. The van der Waals surface area contributed by atoms with Crippen LogP contribution < -0.4 is 15.5 Å². The standard InChI is InChI=1S/C19H17BrFN5O2S/c1-10-23-24-19-26(10)25-16(11-3-6-13(28-2)7-4-11)17(29-19)18(27)22-15-8-5-12(20)9-14(15)21/h3-9,16-17,25H,1-2H3,(H,22,27). The van der Waals surface area contributed by atoms with Crippen LogP contribution in [0.2, 0.25) is 0 Å². The largest absolute Gasteiger partial charge is 0.497 e. The normalized spacial score (nSPS) is 17.9. The van der Waals surface area contributed by atoms with Crippen LogP contribution in [0.4, 0.5) is 10.1 Å². The number of carbonyl (C=O) groups is 1. The van der Waals surface area contributed by atoms with Crippen molar-refractivity contribution in [1.82, 2.24) is 14.9 Å². The minimum atomic E-state index is -0.595. The maximum atomic E-state index is 14.2. The number of fused-ring (bicyclic) bond motifs is 1. The van der Waals surface area contributed by atoms with Crippen molar-refractivity contribution in [3.63, 3.8) is 0 Å². The Labute approximate surface area is 179 Å². The van der Waals surface area contributed by atoms with Gasteiger partial charge in [-0.05, 0) is 42.8 Å². The van der Waals surface area contributed by atoms with Gasteiger partial charge in [-0.3, -0.25) is 4.79 Å². The number of nitrogens with one attached hydrogen (secondary N) is 2. The summed E-state index contributed by atoms with van der Waals surface area (Å²) in [6.07, 6.45) is 0. The van der Waals surface area contributed by atoms with Gasteiger partial charge in [-0.25, -0.2) is 9.07 Å². The predicted octanol–water partition coefficient (Wildman–Crippen LogP) is 3.89. The highest BCUT2D eigenvalue weighted by Crippen LogP contribution is 2.38. The van der Waals surface area contributed by atoms with Crippen LogP contribution in [0, 0.1) is 12.7 Å². The molecule has 0 saturated heterocycles. The van der Waals surface area contributed by atoms with Gasteiger partial charge in [0.2, 0.25) is 11.1 Å². The first-order valence-corrected chi connectivity index (χ1v) is 10.4. The number of thioether (sulfide) groups is 1. The fourth-order valence-electron chi connectivity index (χ4n) is 3.02. The molecule has 2 heterocycles. The molecule has 2 unspecified atom stereocenters. The van der Waals surface area contributed by atoms with Crippen LogP contribution in [-0.4, -0.2) is 33.1 Å². The molecule has 2 atom stereocenters. The van der Waals surface area contributed by atoms with Crippen molar-refractivity contribution >= 4 is 39.3 Å². The summed E-state index contributed by atoms with van der Waals surface area (Å²) in [5.74, 6) is 0.554. The Morgan fingerprint density at radius 2 is 2.03 bits per heavy atom. The minimum Gasteiger partial charge on any atom is -0.497 e. The zero-order chi connectivity index (χ0) is 20.5. The third-order valence-corrected chi connectivity index (χ3v) is 6.23. The Balaban J connectivity index is 1.66. The molecule has 1 aromatic heterocycles. The van der Waals surface area contributed by atoms with Crippen LogP contribution in [0.15, 0.2) is 52.1 Å². The van der Waals surface area contributed by atoms with Gasteiger partial charge in [0.15, 0.2) is 0 Å². The average Bonchev–Trinajstić information content (AvgIpc) is 3.09.